The molecule has 1 aromatic carbocycles. The van der Waals surface area contributed by atoms with Crippen molar-refractivity contribution in [2.24, 2.45) is 0 Å². The smallest absolute Gasteiger partial charge is 0.123 e. The van der Waals surface area contributed by atoms with Crippen LogP contribution in [0.5, 0.6) is 0 Å². The van der Waals surface area contributed by atoms with Gasteiger partial charge in [0.25, 0.3) is 0 Å². The van der Waals surface area contributed by atoms with Crippen LogP contribution < -0.4 is 0 Å². The Morgan fingerprint density at radius 2 is 2.18 bits per heavy atom. The van der Waals surface area contributed by atoms with Gasteiger partial charge in [0.15, 0.2) is 0 Å². The Morgan fingerprint density at radius 3 is 2.91 bits per heavy atom. The summed E-state index contributed by atoms with van der Waals surface area (Å²) < 4.78 is 13.5. The second-order valence-corrected chi connectivity index (χ2v) is 6.01. The fourth-order valence-electron chi connectivity index (χ4n) is 2.96. The minimum absolute atomic E-state index is 0.161. The number of hydrogen-bond donors (Lipinski definition) is 0. The molecule has 0 saturated heterocycles. The Bertz CT molecular complexity index is 693. The topological polar surface area (TPSA) is 29.0 Å². The van der Waals surface area contributed by atoms with E-state index in [4.69, 9.17) is 0 Å². The molecule has 0 N–H and O–H groups in total. The van der Waals surface area contributed by atoms with Crippen LogP contribution in [0.15, 0.2) is 42.1 Å². The van der Waals surface area contributed by atoms with E-state index in [0.29, 0.717) is 0 Å². The van der Waals surface area contributed by atoms with Gasteiger partial charge >= 0.3 is 0 Å². The summed E-state index contributed by atoms with van der Waals surface area (Å²) in [6.45, 7) is 0.996. The van der Waals surface area contributed by atoms with Gasteiger partial charge in [0.1, 0.15) is 5.82 Å². The Morgan fingerprint density at radius 1 is 1.32 bits per heavy atom. The molecule has 1 aliphatic rings. The molecule has 0 fully saturated rings. The van der Waals surface area contributed by atoms with Crippen LogP contribution in [0.25, 0.3) is 5.57 Å². The highest BCUT2D eigenvalue weighted by Crippen LogP contribution is 2.36. The predicted molar refractivity (Wildman–Crippen MR) is 85.9 cm³/mol. The van der Waals surface area contributed by atoms with Crippen LogP contribution in [-0.2, 0) is 12.8 Å². The van der Waals surface area contributed by atoms with Crippen molar-refractivity contribution in [1.29, 1.82) is 0 Å². The molecule has 0 amide bonds. The van der Waals surface area contributed by atoms with E-state index in [1.165, 1.54) is 16.7 Å². The highest BCUT2D eigenvalue weighted by Gasteiger charge is 2.22. The second-order valence-electron chi connectivity index (χ2n) is 6.01. The summed E-state index contributed by atoms with van der Waals surface area (Å²) in [5.74, 6) is -0.161. The zero-order chi connectivity index (χ0) is 15.5. The highest BCUT2D eigenvalue weighted by molar-refractivity contribution is 5.77. The standard InChI is InChI=1S/C18H20FN3/c1-22(2)9-7-13-10-14-11-15(19)5-6-17(14)18(13)12-16-4-3-8-20-21-16/h3-6,8,11H,7,9-10,12H2,1-2H3/i1+2. The molecule has 0 unspecified atom stereocenters. The maximum Gasteiger partial charge on any atom is 0.123 e. The van der Waals surface area contributed by atoms with E-state index in [-0.39, 0.29) is 5.82 Å². The number of fused-ring (bicyclic) bond motifs is 1. The first-order valence-corrected chi connectivity index (χ1v) is 7.54. The third kappa shape index (κ3) is 3.22. The third-order valence-electron chi connectivity index (χ3n) is 4.07. The minimum atomic E-state index is -0.161. The molecule has 1 heterocycles. The summed E-state index contributed by atoms with van der Waals surface area (Å²) in [7, 11) is 4.15. The first kappa shape index (κ1) is 14.9. The largest absolute Gasteiger partial charge is 0.309 e. The van der Waals surface area contributed by atoms with Crippen molar-refractivity contribution in [3.8, 4) is 0 Å². The monoisotopic (exact) mass is 299 g/mol. The lowest BCUT2D eigenvalue weighted by atomic mass is 9.99. The molecule has 0 radical (unpaired) electrons. The van der Waals surface area contributed by atoms with Gasteiger partial charge in [0, 0.05) is 19.2 Å². The molecule has 3 nitrogen and oxygen atoms in total. The molecular weight excluding hydrogens is 279 g/mol. The van der Waals surface area contributed by atoms with Crippen LogP contribution in [0.3, 0.4) is 0 Å². The normalized spacial score (nSPS) is 13.8. The van der Waals surface area contributed by atoms with Crippen LogP contribution in [0.4, 0.5) is 4.39 Å². The molecule has 22 heavy (non-hydrogen) atoms. The summed E-state index contributed by atoms with van der Waals surface area (Å²) in [6, 6.07) is 9.01. The Kier molecular flexibility index (Phi) is 4.29. The van der Waals surface area contributed by atoms with Crippen molar-refractivity contribution in [1.82, 2.24) is 15.1 Å². The lowest BCUT2D eigenvalue weighted by Gasteiger charge is -2.12. The van der Waals surface area contributed by atoms with Crippen molar-refractivity contribution >= 4 is 5.57 Å². The van der Waals surface area contributed by atoms with E-state index >= 15 is 0 Å². The van der Waals surface area contributed by atoms with Crippen molar-refractivity contribution < 1.29 is 4.39 Å². The average Bonchev–Trinajstić information content (AvgIpc) is 2.83. The number of halogens is 1. The summed E-state index contributed by atoms with van der Waals surface area (Å²) in [5.41, 5.74) is 5.89. The SMILES string of the molecule is CN([14CH3])CCC1=C(Cc2cccnn2)c2ccc(F)cc2C1. The van der Waals surface area contributed by atoms with Gasteiger partial charge in [-0.05, 0) is 67.9 Å². The van der Waals surface area contributed by atoms with Gasteiger partial charge in [-0.3, -0.25) is 0 Å². The number of rotatable bonds is 5. The van der Waals surface area contributed by atoms with Crippen LogP contribution in [-0.4, -0.2) is 35.7 Å². The van der Waals surface area contributed by atoms with Gasteiger partial charge in [-0.2, -0.15) is 10.2 Å². The fraction of sp³-hybridized carbons (Fsp3) is 0.333. The van der Waals surface area contributed by atoms with Crippen molar-refractivity contribution in [2.45, 2.75) is 19.3 Å². The summed E-state index contributed by atoms with van der Waals surface area (Å²) in [5, 5.41) is 8.15. The molecule has 1 aromatic heterocycles. The molecule has 2 aromatic rings. The molecule has 4 heteroatoms. The number of allylic oxidation sites excluding steroid dienone is 1. The van der Waals surface area contributed by atoms with Gasteiger partial charge in [-0.1, -0.05) is 11.6 Å². The summed E-state index contributed by atoms with van der Waals surface area (Å²) >= 11 is 0. The van der Waals surface area contributed by atoms with E-state index in [2.05, 4.69) is 29.2 Å². The quantitative estimate of drug-likeness (QED) is 0.849. The first-order valence-electron chi connectivity index (χ1n) is 7.54. The summed E-state index contributed by atoms with van der Waals surface area (Å²) in [4.78, 5) is 2.18. The van der Waals surface area contributed by atoms with Gasteiger partial charge in [-0.25, -0.2) is 4.39 Å². The molecule has 0 saturated carbocycles. The maximum absolute atomic E-state index is 13.5. The Labute approximate surface area is 130 Å². The van der Waals surface area contributed by atoms with Crippen molar-refractivity contribution in [3.63, 3.8) is 0 Å². The fourth-order valence-corrected chi connectivity index (χ4v) is 2.96. The third-order valence-corrected chi connectivity index (χ3v) is 4.07. The van der Waals surface area contributed by atoms with E-state index in [9.17, 15) is 4.39 Å². The molecular formula is C18H20FN3. The van der Waals surface area contributed by atoms with Crippen molar-refractivity contribution in [3.05, 3.63) is 64.7 Å². The lowest BCUT2D eigenvalue weighted by molar-refractivity contribution is 0.412. The van der Waals surface area contributed by atoms with Crippen LogP contribution in [0.2, 0.25) is 0 Å². The molecule has 0 spiro atoms. The highest BCUT2D eigenvalue weighted by atomic mass is 19.1. The van der Waals surface area contributed by atoms with Gasteiger partial charge in [0.05, 0.1) is 5.69 Å². The molecule has 114 valence electrons. The summed E-state index contributed by atoms with van der Waals surface area (Å²) in [6.07, 6.45) is 4.29. The first-order chi connectivity index (χ1) is 10.6. The second kappa shape index (κ2) is 6.36. The van der Waals surface area contributed by atoms with Gasteiger partial charge in [0.2, 0.25) is 0 Å². The predicted octanol–water partition coefficient (Wildman–Crippen LogP) is 3.12. The molecule has 0 atom stereocenters. The zero-order valence-corrected chi connectivity index (χ0v) is 13.0. The maximum atomic E-state index is 13.5. The van der Waals surface area contributed by atoms with Gasteiger partial charge < -0.3 is 4.90 Å². The minimum Gasteiger partial charge on any atom is -0.309 e. The number of benzene rings is 1. The van der Waals surface area contributed by atoms with E-state index in [1.54, 1.807) is 18.3 Å². The van der Waals surface area contributed by atoms with Crippen LogP contribution >= 0.6 is 0 Å². The molecule has 3 rings (SSSR count). The number of nitrogens with zero attached hydrogens (tertiary/aromatic N) is 3. The van der Waals surface area contributed by atoms with Crippen molar-refractivity contribution in [2.75, 3.05) is 20.6 Å². The molecule has 0 bridgehead atoms. The van der Waals surface area contributed by atoms with Crippen LogP contribution in [0.1, 0.15) is 23.2 Å². The zero-order valence-electron chi connectivity index (χ0n) is 13.0. The van der Waals surface area contributed by atoms with Gasteiger partial charge in [-0.15, -0.1) is 0 Å². The average molecular weight is 299 g/mol. The van der Waals surface area contributed by atoms with E-state index in [0.717, 1.165) is 37.1 Å². The Balaban J connectivity index is 1.92. The Hall–Kier alpha value is -2.07. The molecule has 0 aliphatic heterocycles. The van der Waals surface area contributed by atoms with Crippen LogP contribution in [0, 0.1) is 5.82 Å². The number of hydrogen-bond acceptors (Lipinski definition) is 3. The molecule has 1 aliphatic carbocycles. The number of aromatic nitrogens is 2. The van der Waals surface area contributed by atoms with E-state index < -0.39 is 0 Å². The van der Waals surface area contributed by atoms with E-state index in [1.807, 2.05) is 18.2 Å². The lowest BCUT2D eigenvalue weighted by Crippen LogP contribution is -2.14.